The third kappa shape index (κ3) is 5.92. The highest BCUT2D eigenvalue weighted by Gasteiger charge is 2.41. The molecule has 5 heteroatoms. The molecule has 0 spiro atoms. The molecule has 10 aromatic carbocycles. The largest absolute Gasteiger partial charge is 0.309 e. The van der Waals surface area contributed by atoms with Crippen molar-refractivity contribution >= 4 is 94.2 Å². The lowest BCUT2D eigenvalue weighted by molar-refractivity contribution is 1.16. The second kappa shape index (κ2) is 16.1. The number of fused-ring (bicyclic) bond motifs is 10. The molecule has 4 aromatic heterocycles. The van der Waals surface area contributed by atoms with E-state index in [0.717, 1.165) is 39.0 Å². The van der Waals surface area contributed by atoms with Gasteiger partial charge in [0.25, 0.3) is 0 Å². The summed E-state index contributed by atoms with van der Waals surface area (Å²) in [4.78, 5) is 4.57. The Balaban J connectivity index is 1.15. The Hall–Kier alpha value is -9.03. The third-order valence-electron chi connectivity index (χ3n) is 14.6. The van der Waals surface area contributed by atoms with E-state index in [1.165, 1.54) is 75.4 Å². The zero-order valence-electron chi connectivity index (χ0n) is 38.2. The summed E-state index contributed by atoms with van der Waals surface area (Å²) in [6.07, 6.45) is 3.90. The van der Waals surface area contributed by atoms with Crippen molar-refractivity contribution in [3.8, 4) is 28.2 Å². The first kappa shape index (κ1) is 40.1. The molecular formula is C65H44N4Si. The lowest BCUT2D eigenvalue weighted by Crippen LogP contribution is -2.74. The third-order valence-corrected chi connectivity index (χ3v) is 19.4. The molecule has 0 radical (unpaired) electrons. The first-order chi connectivity index (χ1) is 34.8. The van der Waals surface area contributed by atoms with Gasteiger partial charge in [-0.25, -0.2) is 0 Å². The van der Waals surface area contributed by atoms with E-state index < -0.39 is 8.07 Å². The molecule has 0 unspecified atom stereocenters. The fourth-order valence-electron chi connectivity index (χ4n) is 11.8. The molecule has 14 aromatic rings. The van der Waals surface area contributed by atoms with E-state index in [9.17, 15) is 0 Å². The number of pyridine rings is 1. The van der Waals surface area contributed by atoms with Gasteiger partial charge in [-0.2, -0.15) is 0 Å². The summed E-state index contributed by atoms with van der Waals surface area (Å²) in [5.74, 6) is 0. The van der Waals surface area contributed by atoms with E-state index in [0.29, 0.717) is 0 Å². The minimum absolute atomic E-state index is 1.11. The van der Waals surface area contributed by atoms with E-state index >= 15 is 0 Å². The summed E-state index contributed by atoms with van der Waals surface area (Å²) in [5, 5.41) is 12.5. The van der Waals surface area contributed by atoms with Gasteiger partial charge < -0.3 is 13.7 Å². The van der Waals surface area contributed by atoms with Crippen molar-refractivity contribution in [2.75, 3.05) is 0 Å². The van der Waals surface area contributed by atoms with Crippen LogP contribution in [0.4, 0.5) is 0 Å². The molecule has 14 rings (SSSR count). The molecule has 0 atom stereocenters. The average Bonchev–Trinajstić information content (AvgIpc) is 4.08. The molecule has 0 amide bonds. The summed E-state index contributed by atoms with van der Waals surface area (Å²) >= 11 is 0. The Bertz CT molecular complexity index is 4120. The van der Waals surface area contributed by atoms with Crippen LogP contribution in [0.5, 0.6) is 0 Å². The minimum atomic E-state index is -2.88. The van der Waals surface area contributed by atoms with Crippen LogP contribution in [-0.4, -0.2) is 26.8 Å². The number of hydrogen-bond acceptors (Lipinski definition) is 1. The van der Waals surface area contributed by atoms with Crippen molar-refractivity contribution in [1.82, 2.24) is 18.7 Å². The normalized spacial score (nSPS) is 12.0. The van der Waals surface area contributed by atoms with E-state index in [4.69, 9.17) is 0 Å². The van der Waals surface area contributed by atoms with E-state index in [-0.39, 0.29) is 0 Å². The predicted octanol–water partition coefficient (Wildman–Crippen LogP) is 13.4. The van der Waals surface area contributed by atoms with Gasteiger partial charge in [0, 0.05) is 67.3 Å². The lowest BCUT2D eigenvalue weighted by Gasteiger charge is -2.34. The van der Waals surface area contributed by atoms with Gasteiger partial charge >= 0.3 is 0 Å². The summed E-state index contributed by atoms with van der Waals surface area (Å²) in [5.41, 5.74) is 12.7. The predicted molar refractivity (Wildman–Crippen MR) is 296 cm³/mol. The highest BCUT2D eigenvalue weighted by molar-refractivity contribution is 7.19. The van der Waals surface area contributed by atoms with Gasteiger partial charge in [-0.05, 0) is 93.0 Å². The van der Waals surface area contributed by atoms with Crippen molar-refractivity contribution in [3.05, 3.63) is 267 Å². The van der Waals surface area contributed by atoms with Gasteiger partial charge in [0.05, 0.1) is 33.1 Å². The smallest absolute Gasteiger partial charge is 0.179 e. The van der Waals surface area contributed by atoms with Crippen LogP contribution in [0.1, 0.15) is 0 Å². The molecule has 0 N–H and O–H groups in total. The van der Waals surface area contributed by atoms with Crippen LogP contribution in [0.2, 0.25) is 0 Å². The zero-order valence-corrected chi connectivity index (χ0v) is 39.2. The maximum Gasteiger partial charge on any atom is 0.179 e. The van der Waals surface area contributed by atoms with Crippen LogP contribution in [0.3, 0.4) is 0 Å². The van der Waals surface area contributed by atoms with Crippen LogP contribution >= 0.6 is 0 Å². The van der Waals surface area contributed by atoms with Crippen LogP contribution < -0.4 is 20.7 Å². The molecule has 4 heterocycles. The van der Waals surface area contributed by atoms with Gasteiger partial charge in [0.1, 0.15) is 0 Å². The number of para-hydroxylation sites is 4. The molecule has 4 nitrogen and oxygen atoms in total. The SMILES string of the molecule is c1ccc(-n2c3ccccc3c3c2c(-c2cccc([Si](c4ccccc4)(c4ccccc4)c4ccccc4)c2)cc2c4cc(-n5c6ccccc6c6cnccc65)ccc4n(-c4ccccc4)c23)cc1. The number of nitrogens with zero attached hydrogens (tertiary/aromatic N) is 4. The minimum Gasteiger partial charge on any atom is -0.309 e. The van der Waals surface area contributed by atoms with E-state index in [2.05, 4.69) is 273 Å². The molecule has 0 aliphatic heterocycles. The quantitative estimate of drug-likeness (QED) is 0.110. The van der Waals surface area contributed by atoms with E-state index in [1.807, 2.05) is 12.4 Å². The maximum absolute atomic E-state index is 4.57. The number of rotatable bonds is 8. The molecule has 328 valence electrons. The van der Waals surface area contributed by atoms with Crippen molar-refractivity contribution in [1.29, 1.82) is 0 Å². The van der Waals surface area contributed by atoms with Crippen molar-refractivity contribution in [2.45, 2.75) is 0 Å². The van der Waals surface area contributed by atoms with Crippen LogP contribution in [0.15, 0.2) is 267 Å². The highest BCUT2D eigenvalue weighted by Crippen LogP contribution is 2.47. The Morgan fingerprint density at radius 1 is 0.300 bits per heavy atom. The summed E-state index contributed by atoms with van der Waals surface area (Å²) in [6, 6.07) is 94.5. The fraction of sp³-hybridized carbons (Fsp3) is 0. The Labute approximate surface area is 406 Å². The molecule has 0 saturated heterocycles. The van der Waals surface area contributed by atoms with Gasteiger partial charge in [-0.1, -0.05) is 188 Å². The molecular weight excluding hydrogens is 865 g/mol. The Morgan fingerprint density at radius 2 is 0.800 bits per heavy atom. The van der Waals surface area contributed by atoms with Crippen LogP contribution in [0.25, 0.3) is 93.6 Å². The van der Waals surface area contributed by atoms with Gasteiger partial charge in [0.15, 0.2) is 8.07 Å². The number of benzene rings is 10. The standard InChI is InChI=1S/C65H44N4Si/c1-6-22-46(23-7-1)68-60-36-19-17-34-54(60)63-64(68)55(45-21-20-32-52(41-45)70(49-26-10-3-11-27-49,50-28-12-4-13-29-50)51-30-14-5-15-31-51)43-57-56-42-48(37-38-61(56)69(65(57)63)47-24-8-2-9-25-47)67-59-35-18-16-33-53(59)58-44-66-40-39-62(58)67/h1-44H. The van der Waals surface area contributed by atoms with Crippen LogP contribution in [-0.2, 0) is 0 Å². The first-order valence-electron chi connectivity index (χ1n) is 24.0. The van der Waals surface area contributed by atoms with Crippen molar-refractivity contribution in [2.24, 2.45) is 0 Å². The zero-order chi connectivity index (χ0) is 46.2. The van der Waals surface area contributed by atoms with Crippen LogP contribution in [0, 0.1) is 0 Å². The second-order valence-electron chi connectivity index (χ2n) is 18.3. The number of hydrogen-bond donors (Lipinski definition) is 0. The number of aromatic nitrogens is 4. The highest BCUT2D eigenvalue weighted by atomic mass is 28.3. The van der Waals surface area contributed by atoms with Gasteiger partial charge in [-0.3, -0.25) is 4.98 Å². The maximum atomic E-state index is 4.57. The molecule has 0 aliphatic rings. The van der Waals surface area contributed by atoms with Gasteiger partial charge in [0.2, 0.25) is 0 Å². The van der Waals surface area contributed by atoms with E-state index in [1.54, 1.807) is 0 Å². The summed E-state index contributed by atoms with van der Waals surface area (Å²) < 4.78 is 7.42. The summed E-state index contributed by atoms with van der Waals surface area (Å²) in [7, 11) is -2.88. The molecule has 0 saturated carbocycles. The summed E-state index contributed by atoms with van der Waals surface area (Å²) in [6.45, 7) is 0. The van der Waals surface area contributed by atoms with Gasteiger partial charge in [-0.15, -0.1) is 0 Å². The molecule has 0 bridgehead atoms. The monoisotopic (exact) mass is 908 g/mol. The lowest BCUT2D eigenvalue weighted by atomic mass is 9.98. The fourth-order valence-corrected chi connectivity index (χ4v) is 16.6. The average molecular weight is 909 g/mol. The first-order valence-corrected chi connectivity index (χ1v) is 26.0. The van der Waals surface area contributed by atoms with Crippen molar-refractivity contribution < 1.29 is 0 Å². The molecule has 70 heavy (non-hydrogen) atoms. The molecule has 0 aliphatic carbocycles. The molecule has 0 fully saturated rings. The Kier molecular flexibility index (Phi) is 9.19. The topological polar surface area (TPSA) is 27.7 Å². The van der Waals surface area contributed by atoms with Crippen molar-refractivity contribution in [3.63, 3.8) is 0 Å². The Morgan fingerprint density at radius 3 is 1.43 bits per heavy atom. The second-order valence-corrected chi connectivity index (χ2v) is 22.1.